The van der Waals surface area contributed by atoms with E-state index in [9.17, 15) is 19.8 Å². The van der Waals surface area contributed by atoms with Crippen molar-refractivity contribution in [3.8, 4) is 11.4 Å². The summed E-state index contributed by atoms with van der Waals surface area (Å²) < 4.78 is 14.5. The van der Waals surface area contributed by atoms with Crippen molar-refractivity contribution in [1.82, 2.24) is 20.2 Å². The lowest BCUT2D eigenvalue weighted by atomic mass is 10.0. The molecule has 0 spiro atoms. The van der Waals surface area contributed by atoms with Gasteiger partial charge < -0.3 is 36.1 Å². The predicted molar refractivity (Wildman–Crippen MR) is 188 cm³/mol. The van der Waals surface area contributed by atoms with Crippen molar-refractivity contribution in [3.63, 3.8) is 0 Å². The monoisotopic (exact) mass is 695 g/mol. The topological polar surface area (TPSA) is 187 Å². The van der Waals surface area contributed by atoms with Crippen molar-refractivity contribution < 1.29 is 29.3 Å². The van der Waals surface area contributed by atoms with E-state index in [4.69, 9.17) is 15.2 Å². The first kappa shape index (κ1) is 34.6. The lowest BCUT2D eigenvalue weighted by molar-refractivity contribution is -0.245. The number of phenolic OH excluding ortho intramolecular Hbond substituents is 1. The number of amides is 2. The van der Waals surface area contributed by atoms with Gasteiger partial charge in [0.2, 0.25) is 17.0 Å². The number of benzene rings is 4. The predicted octanol–water partition coefficient (Wildman–Crippen LogP) is 5.53. The van der Waals surface area contributed by atoms with Crippen LogP contribution in [0.4, 0.5) is 17.1 Å². The first-order valence-electron chi connectivity index (χ1n) is 16.1. The number of aliphatic hydroxyl groups excluding tert-OH is 1. The fraction of sp³-hybridized carbons (Fsp3) is 0.250. The van der Waals surface area contributed by atoms with Gasteiger partial charge in [-0.1, -0.05) is 60.3 Å². The van der Waals surface area contributed by atoms with Crippen LogP contribution >= 0.6 is 11.8 Å². The van der Waals surface area contributed by atoms with Gasteiger partial charge in [-0.3, -0.25) is 9.59 Å². The molecule has 6 rings (SSSR count). The van der Waals surface area contributed by atoms with Gasteiger partial charge in [0.05, 0.1) is 35.9 Å². The third-order valence-electron chi connectivity index (χ3n) is 8.06. The molecule has 2 heterocycles. The molecule has 4 aromatic carbocycles. The Morgan fingerprint density at radius 1 is 0.880 bits per heavy atom. The van der Waals surface area contributed by atoms with Gasteiger partial charge in [0.25, 0.3) is 0 Å². The van der Waals surface area contributed by atoms with E-state index in [0.29, 0.717) is 46.5 Å². The van der Waals surface area contributed by atoms with E-state index in [1.54, 1.807) is 65.3 Å². The number of rotatable bonds is 13. The van der Waals surface area contributed by atoms with E-state index in [1.807, 2.05) is 36.4 Å². The molecule has 258 valence electrons. The zero-order valence-corrected chi connectivity index (χ0v) is 27.8. The number of anilines is 3. The second-order valence-corrected chi connectivity index (χ2v) is 12.7. The molecule has 2 amide bonds. The van der Waals surface area contributed by atoms with E-state index < -0.39 is 6.29 Å². The summed E-state index contributed by atoms with van der Waals surface area (Å²) in [6.45, 7) is -0.0470. The van der Waals surface area contributed by atoms with E-state index in [2.05, 4.69) is 26.2 Å². The number of nitrogens with one attached hydrogen (secondary N) is 2. The number of carbonyl (C=O) groups excluding carboxylic acids is 2. The summed E-state index contributed by atoms with van der Waals surface area (Å²) >= 11 is 1.45. The Morgan fingerprint density at radius 3 is 2.30 bits per heavy atom. The van der Waals surface area contributed by atoms with Gasteiger partial charge in [-0.15, -0.1) is 5.10 Å². The summed E-state index contributed by atoms with van der Waals surface area (Å²) in [5.41, 5.74) is 10.8. The highest BCUT2D eigenvalue weighted by atomic mass is 32.2. The molecule has 1 aliphatic rings. The zero-order valence-electron chi connectivity index (χ0n) is 27.0. The second-order valence-electron chi connectivity index (χ2n) is 11.7. The Labute approximate surface area is 292 Å². The summed E-state index contributed by atoms with van der Waals surface area (Å²) in [5, 5.41) is 37.6. The number of para-hydroxylation sites is 2. The quantitative estimate of drug-likeness (QED) is 0.0770. The number of hydrogen-bond acceptors (Lipinski definition) is 11. The average molecular weight is 696 g/mol. The van der Waals surface area contributed by atoms with E-state index in [-0.39, 0.29) is 49.2 Å². The van der Waals surface area contributed by atoms with Gasteiger partial charge >= 0.3 is 0 Å². The summed E-state index contributed by atoms with van der Waals surface area (Å²) in [6.07, 6.45) is 0.122. The maximum Gasteiger partial charge on any atom is 0.224 e. The normalized spacial score (nSPS) is 17.3. The Morgan fingerprint density at radius 2 is 1.58 bits per heavy atom. The SMILES string of the molecule is Nc1ccccc1NC(=O)CCCC(=O)Nc1ccc([C@H]2O[C@@H](CSc3nnnn3-c3ccc(O)cc3)C[C@@H](c3ccc(CO)cc3)O2)cc1. The van der Waals surface area contributed by atoms with Crippen molar-refractivity contribution in [2.24, 2.45) is 0 Å². The van der Waals surface area contributed by atoms with Gasteiger partial charge in [-0.2, -0.15) is 4.68 Å². The Balaban J connectivity index is 1.07. The number of aliphatic hydroxyl groups is 1. The molecule has 0 aliphatic carbocycles. The summed E-state index contributed by atoms with van der Waals surface area (Å²) in [7, 11) is 0. The molecule has 1 saturated heterocycles. The molecule has 3 atom stereocenters. The van der Waals surface area contributed by atoms with Gasteiger partial charge in [0.1, 0.15) is 5.75 Å². The molecule has 14 heteroatoms. The van der Waals surface area contributed by atoms with Crippen LogP contribution in [0.25, 0.3) is 5.69 Å². The van der Waals surface area contributed by atoms with Crippen LogP contribution in [0.1, 0.15) is 54.8 Å². The molecule has 0 unspecified atom stereocenters. The van der Waals surface area contributed by atoms with Crippen LogP contribution in [0, 0.1) is 0 Å². The van der Waals surface area contributed by atoms with E-state index in [1.165, 1.54) is 11.8 Å². The van der Waals surface area contributed by atoms with Crippen LogP contribution in [0.15, 0.2) is 102 Å². The average Bonchev–Trinajstić information content (AvgIpc) is 3.61. The van der Waals surface area contributed by atoms with Gasteiger partial charge in [0.15, 0.2) is 6.29 Å². The molecule has 1 aromatic heterocycles. The molecule has 0 radical (unpaired) electrons. The Kier molecular flexibility index (Phi) is 11.4. The number of carbonyl (C=O) groups is 2. The number of nitrogen functional groups attached to an aromatic ring is 1. The zero-order chi connectivity index (χ0) is 34.9. The smallest absolute Gasteiger partial charge is 0.224 e. The van der Waals surface area contributed by atoms with Gasteiger partial charge in [0, 0.05) is 36.3 Å². The third kappa shape index (κ3) is 9.03. The molecule has 1 fully saturated rings. The Hall–Kier alpha value is -5.28. The van der Waals surface area contributed by atoms with Gasteiger partial charge in [-0.05, 0) is 76.5 Å². The highest BCUT2D eigenvalue weighted by Crippen LogP contribution is 2.39. The minimum absolute atomic E-state index is 0.0470. The fourth-order valence-electron chi connectivity index (χ4n) is 5.40. The number of nitrogens with zero attached hydrogens (tertiary/aromatic N) is 4. The summed E-state index contributed by atoms with van der Waals surface area (Å²) in [6, 6.07) is 28.6. The van der Waals surface area contributed by atoms with Crippen molar-refractivity contribution >= 4 is 40.6 Å². The maximum atomic E-state index is 12.6. The highest BCUT2D eigenvalue weighted by molar-refractivity contribution is 7.99. The van der Waals surface area contributed by atoms with E-state index >= 15 is 0 Å². The van der Waals surface area contributed by atoms with Crippen molar-refractivity contribution in [3.05, 3.63) is 114 Å². The number of ether oxygens (including phenoxy) is 2. The van der Waals surface area contributed by atoms with Crippen LogP contribution in [0.2, 0.25) is 0 Å². The van der Waals surface area contributed by atoms with Crippen molar-refractivity contribution in [1.29, 1.82) is 0 Å². The number of phenols is 1. The highest BCUT2D eigenvalue weighted by Gasteiger charge is 2.32. The maximum absolute atomic E-state index is 12.6. The van der Waals surface area contributed by atoms with Crippen LogP contribution in [-0.2, 0) is 25.7 Å². The fourth-order valence-corrected chi connectivity index (χ4v) is 6.30. The largest absolute Gasteiger partial charge is 0.508 e. The van der Waals surface area contributed by atoms with Crippen molar-refractivity contribution in [2.75, 3.05) is 22.1 Å². The first-order chi connectivity index (χ1) is 24.3. The number of aromatic nitrogens is 4. The minimum atomic E-state index is -0.688. The molecule has 0 bridgehead atoms. The number of thioether (sulfide) groups is 1. The van der Waals surface area contributed by atoms with Crippen LogP contribution in [0.3, 0.4) is 0 Å². The third-order valence-corrected chi connectivity index (χ3v) is 9.11. The molecule has 6 N–H and O–H groups in total. The number of aromatic hydroxyl groups is 1. The van der Waals surface area contributed by atoms with Crippen LogP contribution < -0.4 is 16.4 Å². The Bertz CT molecular complexity index is 1890. The summed E-state index contributed by atoms with van der Waals surface area (Å²) in [4.78, 5) is 24.9. The summed E-state index contributed by atoms with van der Waals surface area (Å²) in [5.74, 6) is 0.281. The standard InChI is InChI=1S/C36H37N7O6S/c37-30-4-1-2-5-31(30)39-34(47)7-3-6-33(46)38-26-14-12-25(13-15-26)35-48-29(20-32(49-35)24-10-8-23(21-44)9-11-24)22-50-36-40-41-42-43(36)27-16-18-28(45)19-17-27/h1-2,4-5,8-19,29,32,35,44-45H,3,6-7,20-22,37H2,(H,38,46)(H,39,47)/t29-,32+,35+/m1/s1. The number of hydrogen-bond donors (Lipinski definition) is 5. The molecular weight excluding hydrogens is 659 g/mol. The molecule has 13 nitrogen and oxygen atoms in total. The lowest BCUT2D eigenvalue weighted by Gasteiger charge is -2.36. The number of nitrogens with two attached hydrogens (primary N) is 1. The second kappa shape index (κ2) is 16.4. The lowest BCUT2D eigenvalue weighted by Crippen LogP contribution is -2.31. The van der Waals surface area contributed by atoms with Crippen molar-refractivity contribution in [2.45, 2.75) is 55.9 Å². The molecule has 5 aromatic rings. The molecule has 0 saturated carbocycles. The van der Waals surface area contributed by atoms with Crippen LogP contribution in [-0.4, -0.2) is 54.1 Å². The van der Waals surface area contributed by atoms with Gasteiger partial charge in [-0.25, -0.2) is 0 Å². The van der Waals surface area contributed by atoms with Crippen LogP contribution in [0.5, 0.6) is 5.75 Å². The number of tetrazole rings is 1. The minimum Gasteiger partial charge on any atom is -0.508 e. The first-order valence-corrected chi connectivity index (χ1v) is 17.1. The molecule has 50 heavy (non-hydrogen) atoms. The molecule has 1 aliphatic heterocycles. The van der Waals surface area contributed by atoms with E-state index in [0.717, 1.165) is 16.7 Å². The molecular formula is C36H37N7O6S.